The van der Waals surface area contributed by atoms with Crippen LogP contribution in [0.15, 0.2) is 0 Å². The molecule has 0 aromatic rings. The molecule has 0 unspecified atom stereocenters. The van der Waals surface area contributed by atoms with Crippen molar-refractivity contribution in [2.24, 2.45) is 0 Å². The third kappa shape index (κ3) is 4.23. The Hall–Kier alpha value is 0.230. The maximum atomic E-state index is 11.1. The van der Waals surface area contributed by atoms with Crippen LogP contribution >= 0.6 is 10.8 Å². The van der Waals surface area contributed by atoms with Gasteiger partial charge in [-0.1, -0.05) is 3.89 Å². The van der Waals surface area contributed by atoms with Gasteiger partial charge in [-0.05, 0) is 17.0 Å². The molecule has 0 aromatic carbocycles. The van der Waals surface area contributed by atoms with Crippen LogP contribution in [-0.2, 0) is 9.26 Å². The van der Waals surface area contributed by atoms with Gasteiger partial charge in [-0.3, -0.25) is 0 Å². The summed E-state index contributed by atoms with van der Waals surface area (Å²) >= 11 is 0. The van der Waals surface area contributed by atoms with Gasteiger partial charge in [0.15, 0.2) is 0 Å². The molecule has 0 aromatic heterocycles. The minimum Gasteiger partial charge on any atom is -0.183 e. The SMILES string of the molecule is CSS(=O)(=O)F. The van der Waals surface area contributed by atoms with E-state index in [-0.39, 0.29) is 10.8 Å². The van der Waals surface area contributed by atoms with E-state index >= 15 is 0 Å². The molecule has 0 spiro atoms. The predicted molar refractivity (Wildman–Crippen MR) is 23.5 cm³/mol. The van der Waals surface area contributed by atoms with Crippen molar-refractivity contribution < 1.29 is 12.3 Å². The van der Waals surface area contributed by atoms with E-state index in [1.165, 1.54) is 0 Å². The fraction of sp³-hybridized carbons (Fsp3) is 1.00. The second-order valence-electron chi connectivity index (χ2n) is 0.560. The molecular weight excluding hydrogens is 127 g/mol. The molecule has 0 fully saturated rings. The zero-order chi connectivity index (χ0) is 5.21. The maximum absolute atomic E-state index is 11.1. The minimum absolute atomic E-state index is 0.187. The Morgan fingerprint density at radius 1 is 1.67 bits per heavy atom. The fourth-order valence-electron chi connectivity index (χ4n) is 0. The van der Waals surface area contributed by atoms with E-state index in [0.29, 0.717) is 0 Å². The lowest BCUT2D eigenvalue weighted by Crippen LogP contribution is -1.74. The van der Waals surface area contributed by atoms with Crippen LogP contribution in [0.5, 0.6) is 0 Å². The highest BCUT2D eigenvalue weighted by Crippen LogP contribution is 2.06. The fourth-order valence-corrected chi connectivity index (χ4v) is 0. The molecule has 6 heavy (non-hydrogen) atoms. The Morgan fingerprint density at radius 3 is 1.83 bits per heavy atom. The Labute approximate surface area is 39.3 Å². The quantitative estimate of drug-likeness (QED) is 0.384. The third-order valence-corrected chi connectivity index (χ3v) is 1.79. The minimum atomic E-state index is -4.25. The van der Waals surface area contributed by atoms with Gasteiger partial charge in [0.1, 0.15) is 0 Å². The summed E-state index contributed by atoms with van der Waals surface area (Å²) in [4.78, 5) is 0. The molecule has 2 nitrogen and oxygen atoms in total. The van der Waals surface area contributed by atoms with Crippen molar-refractivity contribution >= 4 is 20.0 Å². The number of rotatable bonds is 1. The lowest BCUT2D eigenvalue weighted by molar-refractivity contribution is 0.570. The van der Waals surface area contributed by atoms with Crippen molar-refractivity contribution in [1.29, 1.82) is 0 Å². The first-order valence-electron chi connectivity index (χ1n) is 1.06. The molecule has 0 heterocycles. The van der Waals surface area contributed by atoms with Gasteiger partial charge in [-0.2, -0.15) is 8.42 Å². The van der Waals surface area contributed by atoms with Gasteiger partial charge in [-0.15, -0.1) is 0 Å². The van der Waals surface area contributed by atoms with Gasteiger partial charge in [0, 0.05) is 0 Å². The first kappa shape index (κ1) is 6.23. The normalized spacial score (nSPS) is 11.7. The summed E-state index contributed by atoms with van der Waals surface area (Å²) in [6, 6.07) is 0. The van der Waals surface area contributed by atoms with E-state index in [1.807, 2.05) is 0 Å². The number of halogens is 1. The van der Waals surface area contributed by atoms with Crippen molar-refractivity contribution in [3.63, 3.8) is 0 Å². The monoisotopic (exact) mass is 130 g/mol. The summed E-state index contributed by atoms with van der Waals surface area (Å²) in [6.07, 6.45) is 1.16. The topological polar surface area (TPSA) is 34.1 Å². The van der Waals surface area contributed by atoms with Crippen molar-refractivity contribution in [2.45, 2.75) is 0 Å². The lowest BCUT2D eigenvalue weighted by Gasteiger charge is -1.74. The molecule has 0 bridgehead atoms. The largest absolute Gasteiger partial charge is 0.357 e. The summed E-state index contributed by atoms with van der Waals surface area (Å²) < 4.78 is 29.6. The smallest absolute Gasteiger partial charge is 0.183 e. The average molecular weight is 130 g/mol. The van der Waals surface area contributed by atoms with Crippen molar-refractivity contribution in [2.75, 3.05) is 6.26 Å². The highest BCUT2D eigenvalue weighted by Gasteiger charge is 1.98. The standard InChI is InChI=1S/CH3FO2S2/c1-5-6(2,3)4/h1H3. The molecule has 0 radical (unpaired) electrons. The number of hydrogen-bond donors (Lipinski definition) is 0. The van der Waals surface area contributed by atoms with Crippen LogP contribution in [0.1, 0.15) is 0 Å². The Morgan fingerprint density at radius 2 is 1.83 bits per heavy atom. The second-order valence-corrected chi connectivity index (χ2v) is 3.87. The van der Waals surface area contributed by atoms with Crippen LogP contribution in [-0.4, -0.2) is 14.7 Å². The van der Waals surface area contributed by atoms with E-state index in [1.54, 1.807) is 0 Å². The summed E-state index contributed by atoms with van der Waals surface area (Å²) in [5, 5.41) is 0. The van der Waals surface area contributed by atoms with E-state index in [9.17, 15) is 12.3 Å². The summed E-state index contributed by atoms with van der Waals surface area (Å²) in [5.41, 5.74) is 0. The highest BCUT2D eigenvalue weighted by molar-refractivity contribution is 8.69. The van der Waals surface area contributed by atoms with Crippen molar-refractivity contribution in [3.05, 3.63) is 0 Å². The lowest BCUT2D eigenvalue weighted by atomic mass is 12.0. The molecule has 38 valence electrons. The summed E-state index contributed by atoms with van der Waals surface area (Å²) in [7, 11) is -4.06. The van der Waals surface area contributed by atoms with Gasteiger partial charge in [-0.25, -0.2) is 0 Å². The molecule has 0 amide bonds. The van der Waals surface area contributed by atoms with Gasteiger partial charge >= 0.3 is 9.26 Å². The van der Waals surface area contributed by atoms with Crippen LogP contribution in [0.25, 0.3) is 0 Å². The third-order valence-electron chi connectivity index (χ3n) is 0.199. The van der Waals surface area contributed by atoms with Crippen LogP contribution in [0.3, 0.4) is 0 Å². The van der Waals surface area contributed by atoms with Crippen LogP contribution in [0, 0.1) is 0 Å². The molecule has 0 aliphatic rings. The average Bonchev–Trinajstić information content (AvgIpc) is 1.35. The van der Waals surface area contributed by atoms with E-state index in [0.717, 1.165) is 6.26 Å². The Kier molecular flexibility index (Phi) is 1.86. The van der Waals surface area contributed by atoms with E-state index < -0.39 is 9.26 Å². The molecule has 0 saturated carbocycles. The second kappa shape index (κ2) is 1.79. The first-order chi connectivity index (χ1) is 2.56. The van der Waals surface area contributed by atoms with Gasteiger partial charge in [0.25, 0.3) is 0 Å². The van der Waals surface area contributed by atoms with Crippen LogP contribution in [0.4, 0.5) is 3.89 Å². The van der Waals surface area contributed by atoms with Crippen LogP contribution in [0.2, 0.25) is 0 Å². The summed E-state index contributed by atoms with van der Waals surface area (Å²) in [6.45, 7) is 0. The zero-order valence-corrected chi connectivity index (χ0v) is 4.64. The molecular formula is CH3FO2S2. The van der Waals surface area contributed by atoms with E-state index in [4.69, 9.17) is 0 Å². The van der Waals surface area contributed by atoms with Gasteiger partial charge < -0.3 is 0 Å². The Balaban J connectivity index is 3.85. The predicted octanol–water partition coefficient (Wildman–Crippen LogP) is 0.564. The molecule has 0 saturated heterocycles. The molecule has 0 rings (SSSR count). The zero-order valence-electron chi connectivity index (χ0n) is 3.01. The Bertz CT molecular complexity index is 114. The highest BCUT2D eigenvalue weighted by atomic mass is 33.2. The van der Waals surface area contributed by atoms with Crippen molar-refractivity contribution in [1.82, 2.24) is 0 Å². The molecule has 0 aliphatic carbocycles. The molecule has 5 heteroatoms. The summed E-state index contributed by atoms with van der Waals surface area (Å²) in [5.74, 6) is 0. The first-order valence-corrected chi connectivity index (χ1v) is 4.19. The maximum Gasteiger partial charge on any atom is 0.357 e. The van der Waals surface area contributed by atoms with Crippen LogP contribution < -0.4 is 0 Å². The molecule has 0 N–H and O–H groups in total. The van der Waals surface area contributed by atoms with Gasteiger partial charge in [0.2, 0.25) is 0 Å². The van der Waals surface area contributed by atoms with Crippen molar-refractivity contribution in [3.8, 4) is 0 Å². The van der Waals surface area contributed by atoms with Gasteiger partial charge in [0.05, 0.1) is 0 Å². The molecule has 0 aliphatic heterocycles. The van der Waals surface area contributed by atoms with E-state index in [2.05, 4.69) is 0 Å². The number of hydrogen-bond acceptors (Lipinski definition) is 3. The molecule has 0 atom stereocenters.